The normalized spacial score (nSPS) is 22.0. The van der Waals surface area contributed by atoms with Gasteiger partial charge < -0.3 is 15.3 Å². The number of nitrogens with zero attached hydrogens (tertiary/aromatic N) is 2. The highest BCUT2D eigenvalue weighted by Gasteiger charge is 2.37. The van der Waals surface area contributed by atoms with E-state index in [0.717, 1.165) is 62.5 Å². The molecule has 154 valence electrons. The molecule has 0 saturated carbocycles. The summed E-state index contributed by atoms with van der Waals surface area (Å²) in [7, 11) is 0. The van der Waals surface area contributed by atoms with Crippen LogP contribution in [0.5, 0.6) is 0 Å². The summed E-state index contributed by atoms with van der Waals surface area (Å²) in [6.45, 7) is 4.67. The molecule has 1 aliphatic carbocycles. The third kappa shape index (κ3) is 3.66. The molecule has 0 radical (unpaired) electrons. The molecule has 5 nitrogen and oxygen atoms in total. The molecule has 0 spiro atoms. The molecule has 2 aliphatic heterocycles. The monoisotopic (exact) mass is 401 g/mol. The highest BCUT2D eigenvalue weighted by molar-refractivity contribution is 5.90. The van der Waals surface area contributed by atoms with Gasteiger partial charge in [-0.05, 0) is 35.6 Å². The molecule has 0 aromatic heterocycles. The molecule has 1 saturated heterocycles. The Balaban J connectivity index is 1.23. The number of hydrogen-bond donors (Lipinski definition) is 2. The third-order valence-corrected chi connectivity index (χ3v) is 6.28. The number of amides is 1. The molecule has 2 aromatic carbocycles. The zero-order valence-corrected chi connectivity index (χ0v) is 17.1. The van der Waals surface area contributed by atoms with Crippen molar-refractivity contribution in [3.8, 4) is 11.1 Å². The lowest BCUT2D eigenvalue weighted by molar-refractivity contribution is -0.125. The molecule has 5 heteroatoms. The minimum Gasteiger partial charge on any atom is -0.378 e. The van der Waals surface area contributed by atoms with Crippen molar-refractivity contribution < 1.29 is 9.90 Å². The first-order chi connectivity index (χ1) is 14.7. The highest BCUT2D eigenvalue weighted by Crippen LogP contribution is 2.33. The smallest absolute Gasteiger partial charge is 0.257 e. The molecule has 5 rings (SSSR count). The number of aliphatic hydroxyl groups excluding tert-OH is 1. The van der Waals surface area contributed by atoms with Gasteiger partial charge in [0, 0.05) is 49.7 Å². The number of aliphatic hydroxyl groups is 1. The van der Waals surface area contributed by atoms with Crippen LogP contribution in [0.25, 0.3) is 11.1 Å². The van der Waals surface area contributed by atoms with E-state index in [0.29, 0.717) is 0 Å². The van der Waals surface area contributed by atoms with E-state index < -0.39 is 6.10 Å². The van der Waals surface area contributed by atoms with E-state index >= 15 is 0 Å². The van der Waals surface area contributed by atoms with Crippen LogP contribution in [0.2, 0.25) is 0 Å². The fourth-order valence-electron chi connectivity index (χ4n) is 4.72. The second-order valence-corrected chi connectivity index (χ2v) is 8.24. The van der Waals surface area contributed by atoms with Crippen LogP contribution in [-0.2, 0) is 11.3 Å². The van der Waals surface area contributed by atoms with E-state index in [4.69, 9.17) is 0 Å². The molecule has 2 N–H and O–H groups in total. The van der Waals surface area contributed by atoms with Crippen LogP contribution in [0.1, 0.15) is 18.4 Å². The Hall–Kier alpha value is -2.89. The van der Waals surface area contributed by atoms with Crippen molar-refractivity contribution in [1.29, 1.82) is 0 Å². The van der Waals surface area contributed by atoms with Crippen LogP contribution in [0, 0.1) is 0 Å². The van der Waals surface area contributed by atoms with Crippen molar-refractivity contribution in [2.24, 2.45) is 0 Å². The number of hydrogen-bond acceptors (Lipinski definition) is 4. The van der Waals surface area contributed by atoms with Gasteiger partial charge in [0.25, 0.3) is 5.91 Å². The average Bonchev–Trinajstić information content (AvgIpc) is 3.09. The van der Waals surface area contributed by atoms with E-state index in [9.17, 15) is 9.90 Å². The molecule has 1 fully saturated rings. The molecule has 0 unspecified atom stereocenters. The van der Waals surface area contributed by atoms with Gasteiger partial charge in [0.05, 0.1) is 0 Å². The van der Waals surface area contributed by atoms with Crippen LogP contribution < -0.4 is 5.32 Å². The van der Waals surface area contributed by atoms with Crippen LogP contribution in [0.4, 0.5) is 0 Å². The number of benzene rings is 2. The van der Waals surface area contributed by atoms with Crippen molar-refractivity contribution in [2.45, 2.75) is 25.5 Å². The minimum atomic E-state index is -1.02. The number of nitrogens with one attached hydrogen (secondary N) is 1. The van der Waals surface area contributed by atoms with E-state index in [1.54, 1.807) is 0 Å². The molecule has 1 amide bonds. The van der Waals surface area contributed by atoms with Gasteiger partial charge in [0.15, 0.2) is 6.10 Å². The maximum atomic E-state index is 11.9. The van der Waals surface area contributed by atoms with Crippen molar-refractivity contribution in [2.75, 3.05) is 26.2 Å². The van der Waals surface area contributed by atoms with Crippen molar-refractivity contribution in [3.05, 3.63) is 83.2 Å². The Morgan fingerprint density at radius 1 is 0.967 bits per heavy atom. The Labute approximate surface area is 177 Å². The van der Waals surface area contributed by atoms with Gasteiger partial charge in [-0.15, -0.1) is 0 Å². The molecule has 2 heterocycles. The van der Waals surface area contributed by atoms with Gasteiger partial charge >= 0.3 is 0 Å². The predicted molar refractivity (Wildman–Crippen MR) is 117 cm³/mol. The number of piperazine rings is 1. The third-order valence-electron chi connectivity index (χ3n) is 6.28. The Morgan fingerprint density at radius 2 is 1.73 bits per heavy atom. The fraction of sp³-hybridized carbons (Fsp3) is 0.320. The molecule has 30 heavy (non-hydrogen) atoms. The minimum absolute atomic E-state index is 0.287. The summed E-state index contributed by atoms with van der Waals surface area (Å²) >= 11 is 0. The first-order valence-electron chi connectivity index (χ1n) is 10.7. The molecule has 1 atom stereocenters. The number of rotatable bonds is 4. The number of allylic oxidation sites excluding steroid dienone is 2. The van der Waals surface area contributed by atoms with Gasteiger partial charge in [0.2, 0.25) is 0 Å². The van der Waals surface area contributed by atoms with E-state index in [1.165, 1.54) is 16.7 Å². The second kappa shape index (κ2) is 8.09. The zero-order chi connectivity index (χ0) is 20.5. The van der Waals surface area contributed by atoms with Gasteiger partial charge in [-0.1, -0.05) is 54.6 Å². The maximum Gasteiger partial charge on any atom is 0.257 e. The summed E-state index contributed by atoms with van der Waals surface area (Å²) < 4.78 is 0. The van der Waals surface area contributed by atoms with Crippen molar-refractivity contribution >= 4 is 5.91 Å². The molecular weight excluding hydrogens is 374 g/mol. The second-order valence-electron chi connectivity index (χ2n) is 8.24. The van der Waals surface area contributed by atoms with Crippen LogP contribution in [-0.4, -0.2) is 53.1 Å². The number of carbonyl (C=O) groups is 1. The highest BCUT2D eigenvalue weighted by atomic mass is 16.3. The SMILES string of the molecule is O=C1NC2=C(C(N3CCN(Cc4cccc(-c5ccccc5)c4)CC3)=CCC2)[C@@H]1O. The first kappa shape index (κ1) is 19.1. The average molecular weight is 402 g/mol. The van der Waals surface area contributed by atoms with Gasteiger partial charge in [0.1, 0.15) is 0 Å². The summed E-state index contributed by atoms with van der Waals surface area (Å²) in [4.78, 5) is 16.7. The summed E-state index contributed by atoms with van der Waals surface area (Å²) in [5.41, 5.74) is 6.59. The fourth-order valence-corrected chi connectivity index (χ4v) is 4.72. The quantitative estimate of drug-likeness (QED) is 0.827. The Kier molecular flexibility index (Phi) is 5.15. The van der Waals surface area contributed by atoms with E-state index in [2.05, 4.69) is 69.7 Å². The van der Waals surface area contributed by atoms with Crippen molar-refractivity contribution in [3.63, 3.8) is 0 Å². The van der Waals surface area contributed by atoms with Crippen LogP contribution >= 0.6 is 0 Å². The van der Waals surface area contributed by atoms with Gasteiger partial charge in [-0.2, -0.15) is 0 Å². The number of carbonyl (C=O) groups excluding carboxylic acids is 1. The van der Waals surface area contributed by atoms with Gasteiger partial charge in [-0.3, -0.25) is 9.69 Å². The summed E-state index contributed by atoms with van der Waals surface area (Å²) in [6.07, 6.45) is 2.87. The summed E-state index contributed by atoms with van der Waals surface area (Å²) in [6, 6.07) is 19.3. The lowest BCUT2D eigenvalue weighted by Gasteiger charge is -2.39. The van der Waals surface area contributed by atoms with Crippen LogP contribution in [0.3, 0.4) is 0 Å². The lowest BCUT2D eigenvalue weighted by Crippen LogP contribution is -2.46. The Bertz CT molecular complexity index is 1000. The van der Waals surface area contributed by atoms with Crippen LogP contribution in [0.15, 0.2) is 77.6 Å². The maximum absolute atomic E-state index is 11.9. The first-order valence-corrected chi connectivity index (χ1v) is 10.7. The largest absolute Gasteiger partial charge is 0.378 e. The predicted octanol–water partition coefficient (Wildman–Crippen LogP) is 2.89. The molecular formula is C25H27N3O2. The summed E-state index contributed by atoms with van der Waals surface area (Å²) in [5, 5.41) is 13.2. The summed E-state index contributed by atoms with van der Waals surface area (Å²) in [5.74, 6) is -0.287. The molecule has 0 bridgehead atoms. The Morgan fingerprint density at radius 3 is 2.53 bits per heavy atom. The molecule has 2 aromatic rings. The van der Waals surface area contributed by atoms with Gasteiger partial charge in [-0.25, -0.2) is 0 Å². The zero-order valence-electron chi connectivity index (χ0n) is 17.1. The topological polar surface area (TPSA) is 55.8 Å². The van der Waals surface area contributed by atoms with E-state index in [-0.39, 0.29) is 5.91 Å². The molecule has 3 aliphatic rings. The van der Waals surface area contributed by atoms with E-state index in [1.807, 2.05) is 6.07 Å². The lowest BCUT2D eigenvalue weighted by atomic mass is 9.97. The standard InChI is InChI=1S/C25H27N3O2/c29-24-23-21(26-25(24)30)10-5-11-22(23)28-14-12-27(13-15-28)17-18-6-4-9-20(16-18)19-7-2-1-3-8-19/h1-4,6-9,11,16,24,29H,5,10,12-15,17H2,(H,26,30)/t24-/m0/s1. The van der Waals surface area contributed by atoms with Crippen molar-refractivity contribution in [1.82, 2.24) is 15.1 Å².